The first-order valence-corrected chi connectivity index (χ1v) is 11.4. The van der Waals surface area contributed by atoms with Crippen molar-refractivity contribution in [3.8, 4) is 11.5 Å². The molecule has 31 heavy (non-hydrogen) atoms. The minimum absolute atomic E-state index is 0.254. The van der Waals surface area contributed by atoms with E-state index in [9.17, 15) is 9.59 Å². The zero-order valence-corrected chi connectivity index (χ0v) is 20.1. The van der Waals surface area contributed by atoms with Crippen molar-refractivity contribution in [3.05, 3.63) is 69.1 Å². The summed E-state index contributed by atoms with van der Waals surface area (Å²) in [5.74, 6) is 0.0309. The Labute approximate surface area is 197 Å². The van der Waals surface area contributed by atoms with Crippen LogP contribution in [0.5, 0.6) is 11.5 Å². The van der Waals surface area contributed by atoms with E-state index in [0.29, 0.717) is 23.7 Å². The number of carbonyl (C=O) groups excluding carboxylic acids is 2. The van der Waals surface area contributed by atoms with E-state index in [1.165, 1.54) is 0 Å². The molecule has 0 unspecified atom stereocenters. The summed E-state index contributed by atoms with van der Waals surface area (Å²) in [7, 11) is 0. The Kier molecular flexibility index (Phi) is 8.31. The maximum Gasteiger partial charge on any atom is 0.276 e. The topological polar surface area (TPSA) is 76.7 Å². The number of hydrazine groups is 1. The summed E-state index contributed by atoms with van der Waals surface area (Å²) in [6.45, 7) is 2.32. The van der Waals surface area contributed by atoms with Crippen molar-refractivity contribution >= 4 is 54.4 Å². The van der Waals surface area contributed by atoms with Gasteiger partial charge < -0.3 is 9.47 Å². The molecule has 8 heteroatoms. The second-order valence-corrected chi connectivity index (χ2v) is 8.44. The van der Waals surface area contributed by atoms with Gasteiger partial charge in [-0.3, -0.25) is 20.4 Å². The molecule has 3 rings (SSSR count). The molecule has 0 atom stereocenters. The van der Waals surface area contributed by atoms with Gasteiger partial charge in [-0.15, -0.1) is 0 Å². The molecular formula is C23H22Br2N2O4. The maximum absolute atomic E-state index is 12.6. The second-order valence-electron chi connectivity index (χ2n) is 6.73. The Morgan fingerprint density at radius 1 is 0.935 bits per heavy atom. The largest absolute Gasteiger partial charge is 0.493 e. The van der Waals surface area contributed by atoms with E-state index in [1.54, 1.807) is 24.3 Å². The summed E-state index contributed by atoms with van der Waals surface area (Å²) in [5, 5.41) is 2.04. The normalized spacial score (nSPS) is 10.5. The van der Waals surface area contributed by atoms with Gasteiger partial charge in [0.15, 0.2) is 6.61 Å². The zero-order valence-electron chi connectivity index (χ0n) is 16.9. The SMILES string of the molecule is CCCCOc1ccc(Br)cc1C(=O)NNC(=O)COc1ccc2ccccc2c1Br. The van der Waals surface area contributed by atoms with Crippen LogP contribution in [0.3, 0.4) is 0 Å². The maximum atomic E-state index is 12.6. The minimum atomic E-state index is -0.489. The van der Waals surface area contributed by atoms with Crippen molar-refractivity contribution < 1.29 is 19.1 Å². The number of ether oxygens (including phenoxy) is 2. The van der Waals surface area contributed by atoms with Crippen molar-refractivity contribution in [2.75, 3.05) is 13.2 Å². The fraction of sp³-hybridized carbons (Fsp3) is 0.217. The second kappa shape index (κ2) is 11.2. The van der Waals surface area contributed by atoms with Gasteiger partial charge in [0.05, 0.1) is 16.6 Å². The summed E-state index contributed by atoms with van der Waals surface area (Å²) in [6.07, 6.45) is 1.87. The van der Waals surface area contributed by atoms with E-state index < -0.39 is 11.8 Å². The number of rotatable bonds is 8. The number of hydrogen-bond acceptors (Lipinski definition) is 4. The average Bonchev–Trinajstić information content (AvgIpc) is 2.78. The molecule has 3 aromatic rings. The molecule has 0 aromatic heterocycles. The molecule has 162 valence electrons. The number of unbranched alkanes of at least 4 members (excludes halogenated alkanes) is 1. The summed E-state index contributed by atoms with van der Waals surface area (Å²) in [6, 6.07) is 16.7. The minimum Gasteiger partial charge on any atom is -0.493 e. The van der Waals surface area contributed by atoms with Gasteiger partial charge in [0.1, 0.15) is 11.5 Å². The van der Waals surface area contributed by atoms with E-state index >= 15 is 0 Å². The number of halogens is 2. The Bertz CT molecular complexity index is 1090. The third-order valence-corrected chi connectivity index (χ3v) is 5.75. The van der Waals surface area contributed by atoms with Gasteiger partial charge in [-0.2, -0.15) is 0 Å². The first kappa shape index (κ1) is 23.1. The van der Waals surface area contributed by atoms with Crippen LogP contribution in [0.2, 0.25) is 0 Å². The van der Waals surface area contributed by atoms with Crippen LogP contribution in [0.1, 0.15) is 30.1 Å². The third kappa shape index (κ3) is 6.21. The lowest BCUT2D eigenvalue weighted by atomic mass is 10.1. The van der Waals surface area contributed by atoms with Crippen LogP contribution in [0, 0.1) is 0 Å². The Morgan fingerprint density at radius 3 is 2.52 bits per heavy atom. The molecule has 0 bridgehead atoms. The molecule has 0 aliphatic heterocycles. The quantitative estimate of drug-likeness (QED) is 0.292. The highest BCUT2D eigenvalue weighted by molar-refractivity contribution is 9.11. The van der Waals surface area contributed by atoms with Gasteiger partial charge >= 0.3 is 0 Å². The van der Waals surface area contributed by atoms with E-state index in [-0.39, 0.29) is 6.61 Å². The van der Waals surface area contributed by atoms with Gasteiger partial charge in [-0.05, 0) is 57.4 Å². The standard InChI is InChI=1S/C23H22Br2N2O4/c1-2-3-12-30-19-11-9-16(24)13-18(19)23(29)27-26-21(28)14-31-20-10-8-15-6-4-5-7-17(15)22(20)25/h4-11,13H,2-3,12,14H2,1H3,(H,26,28)(H,27,29). The van der Waals surface area contributed by atoms with Gasteiger partial charge in [0.25, 0.3) is 11.8 Å². The lowest BCUT2D eigenvalue weighted by molar-refractivity contribution is -0.123. The molecule has 0 aliphatic carbocycles. The fourth-order valence-electron chi connectivity index (χ4n) is 2.83. The smallest absolute Gasteiger partial charge is 0.276 e. The van der Waals surface area contributed by atoms with E-state index in [0.717, 1.165) is 32.6 Å². The summed E-state index contributed by atoms with van der Waals surface area (Å²) < 4.78 is 12.8. The molecule has 0 saturated carbocycles. The number of carbonyl (C=O) groups is 2. The summed E-state index contributed by atoms with van der Waals surface area (Å²) >= 11 is 6.87. The van der Waals surface area contributed by atoms with Gasteiger partial charge in [-0.25, -0.2) is 0 Å². The first-order chi connectivity index (χ1) is 15.0. The molecule has 3 aromatic carbocycles. The molecule has 2 N–H and O–H groups in total. The first-order valence-electron chi connectivity index (χ1n) is 9.81. The predicted octanol–water partition coefficient (Wildman–Crippen LogP) is 5.38. The average molecular weight is 550 g/mol. The Balaban J connectivity index is 1.57. The Hall–Kier alpha value is -2.58. The molecule has 0 heterocycles. The van der Waals surface area contributed by atoms with Crippen LogP contribution in [0.4, 0.5) is 0 Å². The summed E-state index contributed by atoms with van der Waals surface area (Å²) in [4.78, 5) is 24.7. The monoisotopic (exact) mass is 548 g/mol. The van der Waals surface area contributed by atoms with Crippen molar-refractivity contribution in [2.24, 2.45) is 0 Å². The lowest BCUT2D eigenvalue weighted by Crippen LogP contribution is -2.44. The van der Waals surface area contributed by atoms with Crippen LogP contribution < -0.4 is 20.3 Å². The van der Waals surface area contributed by atoms with E-state index in [4.69, 9.17) is 9.47 Å². The fourth-order valence-corrected chi connectivity index (χ4v) is 3.80. The van der Waals surface area contributed by atoms with Crippen LogP contribution >= 0.6 is 31.9 Å². The number of nitrogens with one attached hydrogen (secondary N) is 2. The van der Waals surface area contributed by atoms with Gasteiger partial charge in [0.2, 0.25) is 0 Å². The number of fused-ring (bicyclic) bond motifs is 1. The zero-order chi connectivity index (χ0) is 22.2. The molecule has 0 saturated heterocycles. The lowest BCUT2D eigenvalue weighted by Gasteiger charge is -2.13. The van der Waals surface area contributed by atoms with E-state index in [2.05, 4.69) is 49.6 Å². The van der Waals surface area contributed by atoms with Crippen molar-refractivity contribution in [3.63, 3.8) is 0 Å². The van der Waals surface area contributed by atoms with E-state index in [1.807, 2.05) is 30.3 Å². The molecule has 0 aliphatic rings. The number of benzene rings is 3. The number of hydrogen-bond donors (Lipinski definition) is 2. The van der Waals surface area contributed by atoms with Crippen LogP contribution in [-0.2, 0) is 4.79 Å². The van der Waals surface area contributed by atoms with Crippen molar-refractivity contribution in [1.29, 1.82) is 0 Å². The van der Waals surface area contributed by atoms with Crippen LogP contribution in [0.15, 0.2) is 63.5 Å². The molecule has 2 amide bonds. The highest BCUT2D eigenvalue weighted by Gasteiger charge is 2.15. The highest BCUT2D eigenvalue weighted by Crippen LogP contribution is 2.33. The third-order valence-electron chi connectivity index (χ3n) is 4.44. The van der Waals surface area contributed by atoms with Gasteiger partial charge in [0, 0.05) is 4.47 Å². The predicted molar refractivity (Wildman–Crippen MR) is 127 cm³/mol. The Morgan fingerprint density at radius 2 is 1.71 bits per heavy atom. The molecule has 6 nitrogen and oxygen atoms in total. The van der Waals surface area contributed by atoms with Crippen molar-refractivity contribution in [1.82, 2.24) is 10.9 Å². The van der Waals surface area contributed by atoms with Crippen molar-refractivity contribution in [2.45, 2.75) is 19.8 Å². The summed E-state index contributed by atoms with van der Waals surface area (Å²) in [5.41, 5.74) is 5.10. The molecular weight excluding hydrogens is 528 g/mol. The highest BCUT2D eigenvalue weighted by atomic mass is 79.9. The molecule has 0 fully saturated rings. The van der Waals surface area contributed by atoms with Crippen LogP contribution in [-0.4, -0.2) is 25.0 Å². The van der Waals surface area contributed by atoms with Gasteiger partial charge in [-0.1, -0.05) is 59.6 Å². The number of amides is 2. The molecule has 0 radical (unpaired) electrons. The molecule has 0 spiro atoms. The van der Waals surface area contributed by atoms with Crippen LogP contribution in [0.25, 0.3) is 10.8 Å².